The van der Waals surface area contributed by atoms with Crippen LogP contribution < -0.4 is 5.32 Å². The first kappa shape index (κ1) is 17.3. The van der Waals surface area contributed by atoms with Crippen LogP contribution in [0.25, 0.3) is 0 Å². The Labute approximate surface area is 143 Å². The maximum atomic E-state index is 10.9. The van der Waals surface area contributed by atoms with E-state index in [1.165, 1.54) is 38.4 Å². The lowest BCUT2D eigenvalue weighted by atomic mass is 9.86. The topological polar surface area (TPSA) is 67.6 Å². The zero-order valence-corrected chi connectivity index (χ0v) is 14.2. The fourth-order valence-electron chi connectivity index (χ4n) is 3.94. The van der Waals surface area contributed by atoms with Crippen LogP contribution >= 0.6 is 0 Å². The van der Waals surface area contributed by atoms with Gasteiger partial charge in [-0.25, -0.2) is 0 Å². The second-order valence-corrected chi connectivity index (χ2v) is 6.91. The van der Waals surface area contributed by atoms with Gasteiger partial charge in [0.1, 0.15) is 0 Å². The SMILES string of the molecule is O=[N+]([O-])c1cccc(CNCC2(N3CCCCC3)CCOCC2)c1. The van der Waals surface area contributed by atoms with Gasteiger partial charge in [0, 0.05) is 44.0 Å². The van der Waals surface area contributed by atoms with Crippen LogP contribution in [-0.2, 0) is 11.3 Å². The normalized spacial score (nSPS) is 21.5. The van der Waals surface area contributed by atoms with Crippen molar-refractivity contribution in [1.29, 1.82) is 0 Å². The van der Waals surface area contributed by atoms with E-state index in [-0.39, 0.29) is 16.1 Å². The number of non-ortho nitro benzene ring substituents is 1. The quantitative estimate of drug-likeness (QED) is 0.640. The van der Waals surface area contributed by atoms with E-state index in [9.17, 15) is 10.1 Å². The summed E-state index contributed by atoms with van der Waals surface area (Å²) in [6.45, 7) is 5.60. The molecule has 1 aromatic carbocycles. The van der Waals surface area contributed by atoms with Gasteiger partial charge in [-0.05, 0) is 44.3 Å². The number of nitro groups is 1. The van der Waals surface area contributed by atoms with Crippen molar-refractivity contribution in [1.82, 2.24) is 10.2 Å². The molecule has 2 heterocycles. The molecule has 1 N–H and O–H groups in total. The van der Waals surface area contributed by atoms with E-state index in [1.54, 1.807) is 12.1 Å². The number of nitrogens with zero attached hydrogens (tertiary/aromatic N) is 2. The van der Waals surface area contributed by atoms with Crippen LogP contribution in [0.5, 0.6) is 0 Å². The van der Waals surface area contributed by atoms with E-state index >= 15 is 0 Å². The molecule has 24 heavy (non-hydrogen) atoms. The Balaban J connectivity index is 1.61. The number of piperidine rings is 1. The van der Waals surface area contributed by atoms with E-state index in [0.29, 0.717) is 6.54 Å². The number of nitrogens with one attached hydrogen (secondary N) is 1. The molecule has 1 aromatic rings. The second-order valence-electron chi connectivity index (χ2n) is 6.91. The summed E-state index contributed by atoms with van der Waals surface area (Å²) < 4.78 is 5.59. The lowest BCUT2D eigenvalue weighted by molar-refractivity contribution is -0.384. The van der Waals surface area contributed by atoms with Gasteiger partial charge in [-0.15, -0.1) is 0 Å². The number of hydrogen-bond donors (Lipinski definition) is 1. The molecule has 2 aliphatic heterocycles. The van der Waals surface area contributed by atoms with Crippen molar-refractivity contribution >= 4 is 5.69 Å². The molecule has 0 radical (unpaired) electrons. The molecule has 6 heteroatoms. The first-order valence-corrected chi connectivity index (χ1v) is 8.96. The van der Waals surface area contributed by atoms with Crippen molar-refractivity contribution in [2.75, 3.05) is 32.8 Å². The van der Waals surface area contributed by atoms with E-state index in [0.717, 1.165) is 38.2 Å². The van der Waals surface area contributed by atoms with E-state index in [2.05, 4.69) is 10.2 Å². The van der Waals surface area contributed by atoms with Crippen LogP contribution in [0.15, 0.2) is 24.3 Å². The summed E-state index contributed by atoms with van der Waals surface area (Å²) in [6, 6.07) is 6.89. The monoisotopic (exact) mass is 333 g/mol. The van der Waals surface area contributed by atoms with Crippen molar-refractivity contribution in [3.8, 4) is 0 Å². The number of nitro benzene ring substituents is 1. The Kier molecular flexibility index (Phi) is 5.81. The fraction of sp³-hybridized carbons (Fsp3) is 0.667. The highest BCUT2D eigenvalue weighted by atomic mass is 16.6. The maximum absolute atomic E-state index is 10.9. The van der Waals surface area contributed by atoms with Crippen molar-refractivity contribution in [2.24, 2.45) is 0 Å². The molecule has 0 atom stereocenters. The van der Waals surface area contributed by atoms with Crippen LogP contribution in [0.1, 0.15) is 37.7 Å². The molecule has 0 amide bonds. The Hall–Kier alpha value is -1.50. The average molecular weight is 333 g/mol. The minimum Gasteiger partial charge on any atom is -0.381 e. The molecule has 3 rings (SSSR count). The third kappa shape index (κ3) is 4.12. The molecule has 0 unspecified atom stereocenters. The Morgan fingerprint density at radius 2 is 1.96 bits per heavy atom. The molecular weight excluding hydrogens is 306 g/mol. The lowest BCUT2D eigenvalue weighted by Gasteiger charge is -2.48. The highest BCUT2D eigenvalue weighted by Crippen LogP contribution is 2.30. The van der Waals surface area contributed by atoms with Crippen LogP contribution in [0, 0.1) is 10.1 Å². The first-order chi connectivity index (χ1) is 11.7. The minimum absolute atomic E-state index is 0.158. The lowest BCUT2D eigenvalue weighted by Crippen LogP contribution is -2.59. The summed E-state index contributed by atoms with van der Waals surface area (Å²) in [4.78, 5) is 13.2. The van der Waals surface area contributed by atoms with Crippen LogP contribution in [0.3, 0.4) is 0 Å². The van der Waals surface area contributed by atoms with Gasteiger partial charge in [0.25, 0.3) is 5.69 Å². The average Bonchev–Trinajstić information content (AvgIpc) is 2.63. The summed E-state index contributed by atoms with van der Waals surface area (Å²) in [5, 5.41) is 14.5. The van der Waals surface area contributed by atoms with Gasteiger partial charge in [-0.2, -0.15) is 0 Å². The summed E-state index contributed by atoms with van der Waals surface area (Å²) in [5.74, 6) is 0. The van der Waals surface area contributed by atoms with E-state index in [4.69, 9.17) is 4.74 Å². The van der Waals surface area contributed by atoms with E-state index in [1.807, 2.05) is 6.07 Å². The standard InChI is InChI=1S/C18H27N3O3/c22-21(23)17-6-4-5-16(13-17)14-19-15-18(7-11-24-12-8-18)20-9-2-1-3-10-20/h4-6,13,19H,1-3,7-12,14-15H2. The van der Waals surface area contributed by atoms with E-state index < -0.39 is 0 Å². The maximum Gasteiger partial charge on any atom is 0.269 e. The third-order valence-corrected chi connectivity index (χ3v) is 5.35. The molecule has 0 aromatic heterocycles. The molecule has 132 valence electrons. The zero-order chi connectivity index (χ0) is 16.8. The second kappa shape index (κ2) is 8.05. The molecule has 0 spiro atoms. The molecule has 0 aliphatic carbocycles. The Morgan fingerprint density at radius 3 is 2.67 bits per heavy atom. The molecular formula is C18H27N3O3. The van der Waals surface area contributed by atoms with Gasteiger partial charge in [-0.1, -0.05) is 18.6 Å². The van der Waals surface area contributed by atoms with Gasteiger partial charge < -0.3 is 10.1 Å². The van der Waals surface area contributed by atoms with Gasteiger partial charge in [0.2, 0.25) is 0 Å². The summed E-state index contributed by atoms with van der Waals surface area (Å²) >= 11 is 0. The molecule has 6 nitrogen and oxygen atoms in total. The predicted octanol–water partition coefficient (Wildman–Crippen LogP) is 2.72. The minimum atomic E-state index is -0.336. The van der Waals surface area contributed by atoms with Gasteiger partial charge >= 0.3 is 0 Å². The number of ether oxygens (including phenoxy) is 1. The van der Waals surface area contributed by atoms with Crippen LogP contribution in [0.4, 0.5) is 5.69 Å². The molecule has 0 saturated carbocycles. The zero-order valence-electron chi connectivity index (χ0n) is 14.2. The van der Waals surface area contributed by atoms with Crippen molar-refractivity contribution < 1.29 is 9.66 Å². The molecule has 2 saturated heterocycles. The summed E-state index contributed by atoms with van der Waals surface area (Å²) in [5.41, 5.74) is 1.30. The number of benzene rings is 1. The predicted molar refractivity (Wildman–Crippen MR) is 93.0 cm³/mol. The fourth-order valence-corrected chi connectivity index (χ4v) is 3.94. The third-order valence-electron chi connectivity index (χ3n) is 5.35. The highest BCUT2D eigenvalue weighted by molar-refractivity contribution is 5.34. The molecule has 2 aliphatic rings. The number of hydrogen-bond acceptors (Lipinski definition) is 5. The largest absolute Gasteiger partial charge is 0.381 e. The van der Waals surface area contributed by atoms with Crippen LogP contribution in [0.2, 0.25) is 0 Å². The smallest absolute Gasteiger partial charge is 0.269 e. The Bertz CT molecular complexity index is 552. The summed E-state index contributed by atoms with van der Waals surface area (Å²) in [6.07, 6.45) is 6.04. The Morgan fingerprint density at radius 1 is 1.21 bits per heavy atom. The van der Waals surface area contributed by atoms with Gasteiger partial charge in [-0.3, -0.25) is 15.0 Å². The van der Waals surface area contributed by atoms with Crippen molar-refractivity contribution in [3.63, 3.8) is 0 Å². The van der Waals surface area contributed by atoms with Gasteiger partial charge in [0.05, 0.1) is 4.92 Å². The molecule has 0 bridgehead atoms. The highest BCUT2D eigenvalue weighted by Gasteiger charge is 2.38. The summed E-state index contributed by atoms with van der Waals surface area (Å²) in [7, 11) is 0. The van der Waals surface area contributed by atoms with Gasteiger partial charge in [0.15, 0.2) is 0 Å². The molecule has 2 fully saturated rings. The van der Waals surface area contributed by atoms with Crippen molar-refractivity contribution in [2.45, 2.75) is 44.2 Å². The number of likely N-dealkylation sites (tertiary alicyclic amines) is 1. The van der Waals surface area contributed by atoms with Crippen LogP contribution in [-0.4, -0.2) is 48.2 Å². The van der Waals surface area contributed by atoms with Crippen molar-refractivity contribution in [3.05, 3.63) is 39.9 Å². The first-order valence-electron chi connectivity index (χ1n) is 8.96. The number of rotatable bonds is 6.